The first kappa shape index (κ1) is 9.54. The van der Waals surface area contributed by atoms with Crippen molar-refractivity contribution in [3.05, 3.63) is 30.6 Å². The van der Waals surface area contributed by atoms with Crippen LogP contribution in [0.5, 0.6) is 0 Å². The number of nitrogens with one attached hydrogen (secondary N) is 2. The molecule has 1 unspecified atom stereocenters. The Kier molecular flexibility index (Phi) is 2.42. The standard InChI is InChI=1S/C12H14N4/c1-2-11-12(15-6-5-14-11)7-9(1)16-10-3-4-13-8-10/h1-2,5-7,10,13,16H,3-4,8H2. The summed E-state index contributed by atoms with van der Waals surface area (Å²) in [7, 11) is 0. The van der Waals surface area contributed by atoms with Gasteiger partial charge >= 0.3 is 0 Å². The van der Waals surface area contributed by atoms with E-state index in [-0.39, 0.29) is 0 Å². The normalized spacial score (nSPS) is 20.1. The molecule has 82 valence electrons. The molecule has 1 saturated heterocycles. The first-order valence-electron chi connectivity index (χ1n) is 5.60. The van der Waals surface area contributed by atoms with E-state index in [1.165, 1.54) is 6.42 Å². The summed E-state index contributed by atoms with van der Waals surface area (Å²) in [4.78, 5) is 8.55. The van der Waals surface area contributed by atoms with Crippen molar-refractivity contribution in [2.45, 2.75) is 12.5 Å². The molecule has 1 aromatic heterocycles. The molecule has 0 radical (unpaired) electrons. The number of rotatable bonds is 2. The SMILES string of the molecule is c1cnc2cc(NC3CCNC3)ccc2n1. The lowest BCUT2D eigenvalue weighted by Crippen LogP contribution is -2.21. The smallest absolute Gasteiger partial charge is 0.0907 e. The lowest BCUT2D eigenvalue weighted by atomic mass is 10.2. The van der Waals surface area contributed by atoms with Crippen molar-refractivity contribution < 1.29 is 0 Å². The third kappa shape index (κ3) is 1.84. The number of benzene rings is 1. The van der Waals surface area contributed by atoms with Crippen LogP contribution in [-0.2, 0) is 0 Å². The summed E-state index contributed by atoms with van der Waals surface area (Å²) in [6.07, 6.45) is 4.62. The topological polar surface area (TPSA) is 49.8 Å². The molecule has 4 nitrogen and oxygen atoms in total. The molecule has 0 aliphatic carbocycles. The van der Waals surface area contributed by atoms with Crippen molar-refractivity contribution in [2.75, 3.05) is 18.4 Å². The highest BCUT2D eigenvalue weighted by Crippen LogP contribution is 2.17. The van der Waals surface area contributed by atoms with E-state index in [1.54, 1.807) is 12.4 Å². The second-order valence-corrected chi connectivity index (χ2v) is 4.09. The molecule has 4 heteroatoms. The van der Waals surface area contributed by atoms with Crippen LogP contribution in [0.3, 0.4) is 0 Å². The molecule has 2 N–H and O–H groups in total. The van der Waals surface area contributed by atoms with E-state index in [0.717, 1.165) is 29.8 Å². The molecular weight excluding hydrogens is 200 g/mol. The highest BCUT2D eigenvalue weighted by Gasteiger charge is 2.13. The van der Waals surface area contributed by atoms with Gasteiger partial charge in [0.25, 0.3) is 0 Å². The number of hydrogen-bond acceptors (Lipinski definition) is 4. The largest absolute Gasteiger partial charge is 0.381 e. The Hall–Kier alpha value is -1.68. The van der Waals surface area contributed by atoms with E-state index in [9.17, 15) is 0 Å². The second-order valence-electron chi connectivity index (χ2n) is 4.09. The summed E-state index contributed by atoms with van der Waals surface area (Å²) in [6, 6.07) is 6.66. The Balaban J connectivity index is 1.86. The first-order chi connectivity index (χ1) is 7.92. The van der Waals surface area contributed by atoms with Crippen LogP contribution < -0.4 is 10.6 Å². The summed E-state index contributed by atoms with van der Waals surface area (Å²) in [5.41, 5.74) is 3.01. The molecule has 0 bridgehead atoms. The predicted octanol–water partition coefficient (Wildman–Crippen LogP) is 1.40. The minimum Gasteiger partial charge on any atom is -0.381 e. The van der Waals surface area contributed by atoms with E-state index < -0.39 is 0 Å². The Labute approximate surface area is 94.1 Å². The van der Waals surface area contributed by atoms with E-state index in [2.05, 4.69) is 32.7 Å². The molecule has 1 aliphatic heterocycles. The maximum Gasteiger partial charge on any atom is 0.0907 e. The van der Waals surface area contributed by atoms with Crippen LogP contribution in [0.1, 0.15) is 6.42 Å². The van der Waals surface area contributed by atoms with E-state index in [4.69, 9.17) is 0 Å². The van der Waals surface area contributed by atoms with E-state index >= 15 is 0 Å². The van der Waals surface area contributed by atoms with Gasteiger partial charge in [-0.15, -0.1) is 0 Å². The molecule has 0 saturated carbocycles. The molecule has 0 amide bonds. The Morgan fingerprint density at radius 2 is 2.06 bits per heavy atom. The predicted molar refractivity (Wildman–Crippen MR) is 64.4 cm³/mol. The molecule has 0 spiro atoms. The second kappa shape index (κ2) is 4.06. The van der Waals surface area contributed by atoms with Gasteiger partial charge in [0, 0.05) is 30.7 Å². The van der Waals surface area contributed by atoms with Crippen LogP contribution in [0, 0.1) is 0 Å². The molecule has 1 aromatic carbocycles. The first-order valence-corrected chi connectivity index (χ1v) is 5.60. The van der Waals surface area contributed by atoms with E-state index in [1.807, 2.05) is 6.07 Å². The minimum atomic E-state index is 0.536. The third-order valence-corrected chi connectivity index (χ3v) is 2.90. The van der Waals surface area contributed by atoms with E-state index in [0.29, 0.717) is 6.04 Å². The Morgan fingerprint density at radius 1 is 1.19 bits per heavy atom. The van der Waals surface area contributed by atoms with Gasteiger partial charge in [-0.05, 0) is 31.2 Å². The average Bonchev–Trinajstić information content (AvgIpc) is 2.82. The third-order valence-electron chi connectivity index (χ3n) is 2.90. The van der Waals surface area contributed by atoms with Crippen LogP contribution in [0.25, 0.3) is 11.0 Å². The van der Waals surface area contributed by atoms with Gasteiger partial charge in [-0.2, -0.15) is 0 Å². The molecule has 2 aromatic rings. The fraction of sp³-hybridized carbons (Fsp3) is 0.333. The van der Waals surface area contributed by atoms with Gasteiger partial charge in [0.05, 0.1) is 11.0 Å². The molecule has 3 rings (SSSR count). The van der Waals surface area contributed by atoms with Gasteiger partial charge in [0.1, 0.15) is 0 Å². The minimum absolute atomic E-state index is 0.536. The number of fused-ring (bicyclic) bond motifs is 1. The van der Waals surface area contributed by atoms with Crippen LogP contribution in [0.4, 0.5) is 5.69 Å². The fourth-order valence-electron chi connectivity index (χ4n) is 2.07. The summed E-state index contributed by atoms with van der Waals surface area (Å²) in [5.74, 6) is 0. The summed E-state index contributed by atoms with van der Waals surface area (Å²) in [6.45, 7) is 2.14. The lowest BCUT2D eigenvalue weighted by molar-refractivity contribution is 0.793. The Morgan fingerprint density at radius 3 is 2.88 bits per heavy atom. The number of nitrogens with zero attached hydrogens (tertiary/aromatic N) is 2. The van der Waals surface area contributed by atoms with Crippen molar-refractivity contribution in [1.29, 1.82) is 0 Å². The van der Waals surface area contributed by atoms with Gasteiger partial charge < -0.3 is 10.6 Å². The molecule has 1 fully saturated rings. The van der Waals surface area contributed by atoms with Gasteiger partial charge in [-0.1, -0.05) is 0 Å². The zero-order chi connectivity index (χ0) is 10.8. The summed E-state index contributed by atoms with van der Waals surface area (Å²) < 4.78 is 0. The molecule has 1 atom stereocenters. The fourth-order valence-corrected chi connectivity index (χ4v) is 2.07. The quantitative estimate of drug-likeness (QED) is 0.793. The number of hydrogen-bond donors (Lipinski definition) is 2. The van der Waals surface area contributed by atoms with Crippen LogP contribution in [-0.4, -0.2) is 29.1 Å². The highest BCUT2D eigenvalue weighted by molar-refractivity contribution is 5.78. The van der Waals surface area contributed by atoms with Gasteiger partial charge in [-0.25, -0.2) is 0 Å². The monoisotopic (exact) mass is 214 g/mol. The van der Waals surface area contributed by atoms with Crippen LogP contribution in [0.2, 0.25) is 0 Å². The molecule has 16 heavy (non-hydrogen) atoms. The van der Waals surface area contributed by atoms with Crippen LogP contribution >= 0.6 is 0 Å². The number of anilines is 1. The van der Waals surface area contributed by atoms with Crippen LogP contribution in [0.15, 0.2) is 30.6 Å². The lowest BCUT2D eigenvalue weighted by Gasteiger charge is -2.12. The maximum absolute atomic E-state index is 4.30. The molecule has 1 aliphatic rings. The van der Waals surface area contributed by atoms with Gasteiger partial charge in [-0.3, -0.25) is 9.97 Å². The van der Waals surface area contributed by atoms with Gasteiger partial charge in [0.15, 0.2) is 0 Å². The van der Waals surface area contributed by atoms with Crippen molar-refractivity contribution >= 4 is 16.7 Å². The van der Waals surface area contributed by atoms with Crippen molar-refractivity contribution in [3.63, 3.8) is 0 Å². The molecular formula is C12H14N4. The zero-order valence-electron chi connectivity index (χ0n) is 8.98. The van der Waals surface area contributed by atoms with Crippen molar-refractivity contribution in [3.8, 4) is 0 Å². The Bertz CT molecular complexity index is 491. The zero-order valence-corrected chi connectivity index (χ0v) is 8.98. The molecule has 2 heterocycles. The summed E-state index contributed by atoms with van der Waals surface area (Å²) >= 11 is 0. The van der Waals surface area contributed by atoms with Crippen molar-refractivity contribution in [2.24, 2.45) is 0 Å². The van der Waals surface area contributed by atoms with Crippen molar-refractivity contribution in [1.82, 2.24) is 15.3 Å². The maximum atomic E-state index is 4.30. The van der Waals surface area contributed by atoms with Gasteiger partial charge in [0.2, 0.25) is 0 Å². The average molecular weight is 214 g/mol. The number of aromatic nitrogens is 2. The highest BCUT2D eigenvalue weighted by atomic mass is 15.0. The summed E-state index contributed by atoms with van der Waals surface area (Å²) in [5, 5.41) is 6.84.